The van der Waals surface area contributed by atoms with Crippen LogP contribution in [0.15, 0.2) is 104 Å². The summed E-state index contributed by atoms with van der Waals surface area (Å²) in [6.45, 7) is 8.91. The molecule has 4 rings (SSSR count). The first-order valence-corrected chi connectivity index (χ1v) is 14.1. The van der Waals surface area contributed by atoms with Crippen LogP contribution in [0.3, 0.4) is 0 Å². The Morgan fingerprint density at radius 3 is 2.49 bits per heavy atom. The molecule has 1 saturated heterocycles. The highest BCUT2D eigenvalue weighted by atomic mass is 19.1. The maximum Gasteiger partial charge on any atom is 0.217 e. The number of anilines is 2. The summed E-state index contributed by atoms with van der Waals surface area (Å²) in [5.74, 6) is -0.493. The van der Waals surface area contributed by atoms with Crippen LogP contribution in [-0.2, 0) is 16.0 Å². The summed E-state index contributed by atoms with van der Waals surface area (Å²) in [4.78, 5) is 31.5. The lowest BCUT2D eigenvalue weighted by atomic mass is 10.00. The Morgan fingerprint density at radius 1 is 1.14 bits per heavy atom. The molecule has 0 bridgehead atoms. The molecule has 2 aromatic carbocycles. The van der Waals surface area contributed by atoms with E-state index in [0.717, 1.165) is 30.3 Å². The average Bonchev–Trinajstić information content (AvgIpc) is 3.05. The molecule has 226 valence electrons. The van der Waals surface area contributed by atoms with E-state index in [0.29, 0.717) is 32.5 Å². The van der Waals surface area contributed by atoms with E-state index in [-0.39, 0.29) is 23.5 Å². The second-order valence-corrected chi connectivity index (χ2v) is 9.60. The Labute approximate surface area is 253 Å². The van der Waals surface area contributed by atoms with Crippen molar-refractivity contribution in [1.82, 2.24) is 9.97 Å². The number of carbonyl (C=O) groups excluding carboxylic acids is 2. The zero-order valence-electron chi connectivity index (χ0n) is 24.7. The van der Waals surface area contributed by atoms with E-state index in [1.807, 2.05) is 30.3 Å². The minimum atomic E-state index is -0.512. The van der Waals surface area contributed by atoms with Gasteiger partial charge in [-0.15, -0.1) is 5.73 Å². The Hall–Kier alpha value is -4.85. The molecule has 3 aromatic rings. The number of rotatable bonds is 11. The van der Waals surface area contributed by atoms with E-state index in [1.165, 1.54) is 24.5 Å². The highest BCUT2D eigenvalue weighted by molar-refractivity contribution is 5.74. The van der Waals surface area contributed by atoms with Crippen LogP contribution in [0.5, 0.6) is 0 Å². The van der Waals surface area contributed by atoms with Crippen LogP contribution in [-0.4, -0.2) is 48.8 Å². The van der Waals surface area contributed by atoms with E-state index in [4.69, 9.17) is 5.73 Å². The number of benzene rings is 2. The van der Waals surface area contributed by atoms with Gasteiger partial charge in [0.15, 0.2) is 11.6 Å². The summed E-state index contributed by atoms with van der Waals surface area (Å²) in [5.41, 5.74) is 16.8. The van der Waals surface area contributed by atoms with Crippen LogP contribution >= 0.6 is 0 Å². The van der Waals surface area contributed by atoms with Gasteiger partial charge in [0.05, 0.1) is 0 Å². The molecule has 1 aliphatic heterocycles. The lowest BCUT2D eigenvalue weighted by molar-refractivity contribution is -0.118. The highest BCUT2D eigenvalue weighted by Crippen LogP contribution is 2.26. The Balaban J connectivity index is 0.000000298. The van der Waals surface area contributed by atoms with Crippen molar-refractivity contribution in [2.75, 3.05) is 36.9 Å². The molecule has 5 N–H and O–H groups in total. The van der Waals surface area contributed by atoms with Crippen molar-refractivity contribution < 1.29 is 14.0 Å². The Bertz CT molecular complexity index is 1390. The van der Waals surface area contributed by atoms with Gasteiger partial charge < -0.3 is 26.5 Å². The third-order valence-electron chi connectivity index (χ3n) is 6.43. The third kappa shape index (κ3) is 11.9. The van der Waals surface area contributed by atoms with Crippen molar-refractivity contribution >= 4 is 23.8 Å². The number of carbonyl (C=O) groups is 2. The first kappa shape index (κ1) is 34.4. The van der Waals surface area contributed by atoms with Crippen molar-refractivity contribution in [2.45, 2.75) is 25.7 Å². The van der Waals surface area contributed by atoms with E-state index in [1.54, 1.807) is 23.1 Å². The van der Waals surface area contributed by atoms with Gasteiger partial charge >= 0.3 is 0 Å². The minimum absolute atomic E-state index is 0.0777. The highest BCUT2D eigenvalue weighted by Gasteiger charge is 2.24. The second kappa shape index (κ2) is 19.3. The van der Waals surface area contributed by atoms with E-state index in [9.17, 15) is 14.0 Å². The molecule has 0 radical (unpaired) electrons. The molecule has 8 nitrogen and oxygen atoms in total. The number of halogens is 1. The predicted molar refractivity (Wildman–Crippen MR) is 173 cm³/mol. The zero-order chi connectivity index (χ0) is 31.5. The Kier molecular flexibility index (Phi) is 15.4. The van der Waals surface area contributed by atoms with Gasteiger partial charge in [-0.05, 0) is 60.7 Å². The standard InChI is InChI=1S/C18H21FN4O.C15H15NO.CH5N/c1-3-4-5-7-14(2)10-20-17-16(19)18(22-13-21-17)23-9-6-8-15(11-23)12-24;16-15(17)11-8-12-6-9-14(10-7-12)13-4-2-1-3-5-13;1-2/h3-4,7,12-13,15H,1-2,6,8-11H2,(H,20,21,22);1-7,9-10H,8,11H2,(H2,16,17);2H2,1H3. The van der Waals surface area contributed by atoms with Crippen molar-refractivity contribution in [3.8, 4) is 11.1 Å². The van der Waals surface area contributed by atoms with Crippen LogP contribution in [0.1, 0.15) is 24.8 Å². The van der Waals surface area contributed by atoms with Gasteiger partial charge in [0.2, 0.25) is 11.7 Å². The number of allylic oxidation sites excluding steroid dienone is 1. The maximum atomic E-state index is 14.7. The molecular weight excluding hydrogens is 543 g/mol. The van der Waals surface area contributed by atoms with Crippen LogP contribution in [0, 0.1) is 11.7 Å². The fraction of sp³-hybridized carbons (Fsp3) is 0.265. The maximum absolute atomic E-state index is 14.7. The van der Waals surface area contributed by atoms with Crippen LogP contribution in [0.4, 0.5) is 16.0 Å². The van der Waals surface area contributed by atoms with Crippen LogP contribution in [0.2, 0.25) is 0 Å². The van der Waals surface area contributed by atoms with Gasteiger partial charge in [0.1, 0.15) is 12.6 Å². The number of aldehydes is 1. The summed E-state index contributed by atoms with van der Waals surface area (Å²) < 4.78 is 14.7. The summed E-state index contributed by atoms with van der Waals surface area (Å²) in [6, 6.07) is 18.5. The van der Waals surface area contributed by atoms with Gasteiger partial charge in [-0.2, -0.15) is 4.39 Å². The van der Waals surface area contributed by atoms with E-state index in [2.05, 4.69) is 64.2 Å². The molecule has 1 amide bonds. The predicted octanol–water partition coefficient (Wildman–Crippen LogP) is 5.24. The van der Waals surface area contributed by atoms with E-state index < -0.39 is 5.82 Å². The van der Waals surface area contributed by atoms with Crippen molar-refractivity contribution in [1.29, 1.82) is 0 Å². The molecule has 0 saturated carbocycles. The van der Waals surface area contributed by atoms with E-state index >= 15 is 0 Å². The number of primary amides is 1. The first-order valence-electron chi connectivity index (χ1n) is 14.1. The monoisotopic (exact) mass is 584 g/mol. The number of hydrogen-bond donors (Lipinski definition) is 3. The number of nitrogens with one attached hydrogen (secondary N) is 1. The number of hydrogen-bond acceptors (Lipinski definition) is 7. The summed E-state index contributed by atoms with van der Waals surface area (Å²) in [6.07, 6.45) is 10.0. The number of aryl methyl sites for hydroxylation is 1. The Morgan fingerprint density at radius 2 is 1.84 bits per heavy atom. The smallest absolute Gasteiger partial charge is 0.217 e. The molecule has 9 heteroatoms. The summed E-state index contributed by atoms with van der Waals surface area (Å²) in [7, 11) is 1.50. The molecule has 1 aromatic heterocycles. The average molecular weight is 585 g/mol. The number of aromatic nitrogens is 2. The third-order valence-corrected chi connectivity index (χ3v) is 6.43. The fourth-order valence-corrected chi connectivity index (χ4v) is 4.26. The topological polar surface area (TPSA) is 127 Å². The van der Waals surface area contributed by atoms with Crippen molar-refractivity contribution in [3.63, 3.8) is 0 Å². The molecule has 1 fully saturated rings. The zero-order valence-corrected chi connectivity index (χ0v) is 24.7. The van der Waals surface area contributed by atoms with Gasteiger partial charge in [0.25, 0.3) is 0 Å². The molecule has 0 spiro atoms. The number of amides is 1. The minimum Gasteiger partial charge on any atom is -0.370 e. The number of nitrogens with two attached hydrogens (primary N) is 2. The molecule has 2 heterocycles. The van der Waals surface area contributed by atoms with Gasteiger partial charge in [-0.25, -0.2) is 9.97 Å². The molecule has 1 aliphatic rings. The van der Waals surface area contributed by atoms with Crippen LogP contribution < -0.4 is 21.7 Å². The normalized spacial score (nSPS) is 13.5. The quantitative estimate of drug-likeness (QED) is 0.160. The van der Waals surface area contributed by atoms with Crippen LogP contribution in [0.25, 0.3) is 11.1 Å². The lowest BCUT2D eigenvalue weighted by Crippen LogP contribution is -2.37. The molecular formula is C34H41FN6O2. The largest absolute Gasteiger partial charge is 0.370 e. The van der Waals surface area contributed by atoms with Crippen molar-refractivity contribution in [3.05, 3.63) is 115 Å². The number of nitrogens with zero attached hydrogens (tertiary/aromatic N) is 3. The number of piperidine rings is 1. The molecule has 0 aliphatic carbocycles. The lowest BCUT2D eigenvalue weighted by Gasteiger charge is -2.31. The second-order valence-electron chi connectivity index (χ2n) is 9.60. The van der Waals surface area contributed by atoms with Gasteiger partial charge in [-0.3, -0.25) is 4.79 Å². The molecule has 43 heavy (non-hydrogen) atoms. The first-order chi connectivity index (χ1) is 20.9. The van der Waals surface area contributed by atoms with Gasteiger partial charge in [-0.1, -0.05) is 73.8 Å². The molecule has 1 unspecified atom stereocenters. The van der Waals surface area contributed by atoms with Crippen molar-refractivity contribution in [2.24, 2.45) is 17.4 Å². The SMILES string of the molecule is C=CC=C=CC(=C)CNc1ncnc(N2CCCC(C=O)C2)c1F.CN.NC(=O)CCc1ccc(-c2ccccc2)cc1. The molecule has 1 atom stereocenters. The summed E-state index contributed by atoms with van der Waals surface area (Å²) in [5, 5.41) is 2.91. The fourth-order valence-electron chi connectivity index (χ4n) is 4.26. The summed E-state index contributed by atoms with van der Waals surface area (Å²) >= 11 is 0. The van der Waals surface area contributed by atoms with Gasteiger partial charge in [0, 0.05) is 32.0 Å².